The molecule has 0 heterocycles. The van der Waals surface area contributed by atoms with Crippen LogP contribution in [0.5, 0.6) is 17.2 Å². The van der Waals surface area contributed by atoms with E-state index in [0.717, 1.165) is 5.56 Å². The van der Waals surface area contributed by atoms with E-state index >= 15 is 0 Å². The number of benzene rings is 2. The fourth-order valence-corrected chi connectivity index (χ4v) is 2.44. The van der Waals surface area contributed by atoms with Crippen LogP contribution in [-0.4, -0.2) is 36.2 Å². The summed E-state index contributed by atoms with van der Waals surface area (Å²) in [7, 11) is 1.70. The van der Waals surface area contributed by atoms with Crippen molar-refractivity contribution < 1.29 is 19.4 Å². The van der Waals surface area contributed by atoms with Crippen molar-refractivity contribution in [3.63, 3.8) is 0 Å². The molecule has 0 atom stereocenters. The van der Waals surface area contributed by atoms with E-state index in [1.54, 1.807) is 36.2 Å². The van der Waals surface area contributed by atoms with Crippen molar-refractivity contribution in [2.45, 2.75) is 20.4 Å². The number of para-hydroxylation sites is 1. The van der Waals surface area contributed by atoms with Crippen LogP contribution in [-0.2, 0) is 11.3 Å². The second kappa shape index (κ2) is 9.51. The maximum Gasteiger partial charge on any atom is 0.246 e. The van der Waals surface area contributed by atoms with Crippen molar-refractivity contribution in [3.8, 4) is 17.2 Å². The summed E-state index contributed by atoms with van der Waals surface area (Å²) in [4.78, 5) is 13.9. The van der Waals surface area contributed by atoms with Crippen molar-refractivity contribution in [3.05, 3.63) is 59.7 Å². The predicted molar refractivity (Wildman–Crippen MR) is 102 cm³/mol. The van der Waals surface area contributed by atoms with Gasteiger partial charge < -0.3 is 19.5 Å². The molecule has 2 aromatic carbocycles. The molecule has 2 aromatic rings. The minimum absolute atomic E-state index is 0.153. The molecule has 138 valence electrons. The van der Waals surface area contributed by atoms with Crippen LogP contribution in [0.1, 0.15) is 25.0 Å². The summed E-state index contributed by atoms with van der Waals surface area (Å²) >= 11 is 0. The van der Waals surface area contributed by atoms with Gasteiger partial charge in [0.2, 0.25) is 5.91 Å². The average molecular weight is 355 g/mol. The number of ether oxygens (including phenoxy) is 2. The second-order valence-electron chi connectivity index (χ2n) is 5.73. The zero-order valence-electron chi connectivity index (χ0n) is 15.4. The van der Waals surface area contributed by atoms with Gasteiger partial charge in [-0.05, 0) is 43.7 Å². The number of hydrogen-bond acceptors (Lipinski definition) is 4. The molecule has 5 heteroatoms. The molecule has 0 unspecified atom stereocenters. The number of carbonyl (C=O) groups excluding carboxylic acids is 1. The quantitative estimate of drug-likeness (QED) is 0.731. The lowest BCUT2D eigenvalue weighted by Gasteiger charge is -2.16. The van der Waals surface area contributed by atoms with Crippen LogP contribution < -0.4 is 9.47 Å². The zero-order chi connectivity index (χ0) is 18.9. The Kier molecular flexibility index (Phi) is 7.09. The minimum Gasteiger partial charge on any atom is -0.508 e. The molecule has 0 fully saturated rings. The van der Waals surface area contributed by atoms with Crippen molar-refractivity contribution in [1.82, 2.24) is 4.90 Å². The van der Waals surface area contributed by atoms with E-state index in [4.69, 9.17) is 9.47 Å². The third kappa shape index (κ3) is 5.28. The topological polar surface area (TPSA) is 59.0 Å². The molecule has 0 spiro atoms. The second-order valence-corrected chi connectivity index (χ2v) is 5.73. The summed E-state index contributed by atoms with van der Waals surface area (Å²) < 4.78 is 11.1. The van der Waals surface area contributed by atoms with Crippen LogP contribution in [0.15, 0.2) is 48.5 Å². The molecule has 0 bridgehead atoms. The van der Waals surface area contributed by atoms with E-state index in [2.05, 4.69) is 0 Å². The molecule has 2 rings (SSSR count). The van der Waals surface area contributed by atoms with E-state index in [-0.39, 0.29) is 11.7 Å². The molecule has 26 heavy (non-hydrogen) atoms. The van der Waals surface area contributed by atoms with Gasteiger partial charge in [0.25, 0.3) is 0 Å². The number of carbonyl (C=O) groups is 1. The number of likely N-dealkylation sites (N-methyl/N-ethyl adjacent to an activating group) is 1. The Hall–Kier alpha value is -2.95. The SMILES string of the molecule is CCOc1ccc(C=CC(=O)N(C)Cc2ccccc2O)cc1OCC. The molecule has 0 aromatic heterocycles. The Bertz CT molecular complexity index is 770. The number of aromatic hydroxyl groups is 1. The largest absolute Gasteiger partial charge is 0.508 e. The molecule has 0 aliphatic rings. The molecular formula is C21H25NO4. The summed E-state index contributed by atoms with van der Waals surface area (Å²) in [6.07, 6.45) is 3.24. The van der Waals surface area contributed by atoms with Crippen molar-refractivity contribution >= 4 is 12.0 Å². The van der Waals surface area contributed by atoms with Gasteiger partial charge in [-0.25, -0.2) is 0 Å². The van der Waals surface area contributed by atoms with Crippen LogP contribution in [0.2, 0.25) is 0 Å². The molecule has 1 N–H and O–H groups in total. The number of phenols is 1. The first-order chi connectivity index (χ1) is 12.5. The third-order valence-corrected chi connectivity index (χ3v) is 3.76. The summed E-state index contributed by atoms with van der Waals surface area (Å²) in [5, 5.41) is 9.82. The first kappa shape index (κ1) is 19.4. The maximum absolute atomic E-state index is 12.3. The fraction of sp³-hybridized carbons (Fsp3) is 0.286. The zero-order valence-corrected chi connectivity index (χ0v) is 15.4. The highest BCUT2D eigenvalue weighted by Crippen LogP contribution is 2.29. The molecule has 0 aliphatic carbocycles. The molecule has 0 aliphatic heterocycles. The number of amides is 1. The highest BCUT2D eigenvalue weighted by atomic mass is 16.5. The number of hydrogen-bond donors (Lipinski definition) is 1. The molecule has 5 nitrogen and oxygen atoms in total. The van der Waals surface area contributed by atoms with E-state index in [1.165, 1.54) is 6.08 Å². The van der Waals surface area contributed by atoms with Gasteiger partial charge in [-0.3, -0.25) is 4.79 Å². The van der Waals surface area contributed by atoms with Crippen LogP contribution in [0.3, 0.4) is 0 Å². The first-order valence-electron chi connectivity index (χ1n) is 8.64. The Morgan fingerprint density at radius 1 is 1.08 bits per heavy atom. The van der Waals surface area contributed by atoms with Crippen LogP contribution in [0.25, 0.3) is 6.08 Å². The van der Waals surface area contributed by atoms with Crippen molar-refractivity contribution in [1.29, 1.82) is 0 Å². The van der Waals surface area contributed by atoms with Gasteiger partial charge >= 0.3 is 0 Å². The van der Waals surface area contributed by atoms with Crippen LogP contribution in [0, 0.1) is 0 Å². The Balaban J connectivity index is 2.06. The van der Waals surface area contributed by atoms with Gasteiger partial charge in [0.1, 0.15) is 5.75 Å². The van der Waals surface area contributed by atoms with E-state index < -0.39 is 0 Å². The van der Waals surface area contributed by atoms with Crippen LogP contribution >= 0.6 is 0 Å². The van der Waals surface area contributed by atoms with Gasteiger partial charge in [0.15, 0.2) is 11.5 Å². The standard InChI is InChI=1S/C21H25NO4/c1-4-25-19-12-10-16(14-20(19)26-5-2)11-13-21(24)22(3)15-17-8-6-7-9-18(17)23/h6-14,23H,4-5,15H2,1-3H3. The fourth-order valence-electron chi connectivity index (χ4n) is 2.44. The normalized spacial score (nSPS) is 10.7. The predicted octanol–water partition coefficient (Wildman–Crippen LogP) is 3.86. The van der Waals surface area contributed by atoms with Gasteiger partial charge in [-0.15, -0.1) is 0 Å². The lowest BCUT2D eigenvalue weighted by Crippen LogP contribution is -2.24. The molecular weight excluding hydrogens is 330 g/mol. The van der Waals surface area contributed by atoms with Crippen LogP contribution in [0.4, 0.5) is 0 Å². The summed E-state index contributed by atoms with van der Waals surface area (Å²) in [6.45, 7) is 5.27. The smallest absolute Gasteiger partial charge is 0.246 e. The molecule has 0 radical (unpaired) electrons. The first-order valence-corrected chi connectivity index (χ1v) is 8.64. The number of rotatable bonds is 8. The molecule has 0 saturated heterocycles. The highest BCUT2D eigenvalue weighted by Gasteiger charge is 2.09. The summed E-state index contributed by atoms with van der Waals surface area (Å²) in [6, 6.07) is 12.6. The van der Waals surface area contributed by atoms with Crippen molar-refractivity contribution in [2.75, 3.05) is 20.3 Å². The molecule has 0 saturated carbocycles. The Labute approximate surface area is 154 Å². The number of nitrogens with zero attached hydrogens (tertiary/aromatic N) is 1. The third-order valence-electron chi connectivity index (χ3n) is 3.76. The highest BCUT2D eigenvalue weighted by molar-refractivity contribution is 5.91. The van der Waals surface area contributed by atoms with Gasteiger partial charge in [-0.2, -0.15) is 0 Å². The average Bonchev–Trinajstić information content (AvgIpc) is 2.63. The molecule has 1 amide bonds. The van der Waals surface area contributed by atoms with E-state index in [1.807, 2.05) is 38.1 Å². The lowest BCUT2D eigenvalue weighted by atomic mass is 10.1. The Morgan fingerprint density at radius 3 is 2.46 bits per heavy atom. The van der Waals surface area contributed by atoms with Gasteiger partial charge in [0, 0.05) is 25.2 Å². The van der Waals surface area contributed by atoms with E-state index in [0.29, 0.717) is 36.8 Å². The van der Waals surface area contributed by atoms with Gasteiger partial charge in [-0.1, -0.05) is 24.3 Å². The number of phenolic OH excluding ortho intramolecular Hbond substituents is 1. The van der Waals surface area contributed by atoms with Crippen molar-refractivity contribution in [2.24, 2.45) is 0 Å². The van der Waals surface area contributed by atoms with E-state index in [9.17, 15) is 9.90 Å². The lowest BCUT2D eigenvalue weighted by molar-refractivity contribution is -0.125. The maximum atomic E-state index is 12.3. The monoisotopic (exact) mass is 355 g/mol. The summed E-state index contributed by atoms with van der Waals surface area (Å²) in [5.74, 6) is 1.38. The Morgan fingerprint density at radius 2 is 1.77 bits per heavy atom. The van der Waals surface area contributed by atoms with Gasteiger partial charge in [0.05, 0.1) is 13.2 Å². The summed E-state index contributed by atoms with van der Waals surface area (Å²) in [5.41, 5.74) is 1.55. The minimum atomic E-state index is -0.153.